The number of nitrogens with zero attached hydrogens (tertiary/aromatic N) is 1. The predicted molar refractivity (Wildman–Crippen MR) is 61.8 cm³/mol. The molecular weight excluding hydrogens is 238 g/mol. The first-order valence-corrected chi connectivity index (χ1v) is 5.94. The first-order valence-electron chi connectivity index (χ1n) is 5.94. The average Bonchev–Trinajstić information content (AvgIpc) is 2.26. The third-order valence-corrected chi connectivity index (χ3v) is 3.55. The SMILES string of the molecule is CN1C(=O)CCC(NC2(CC(=O)O)CNC2)C1=O. The summed E-state index contributed by atoms with van der Waals surface area (Å²) in [4.78, 5) is 35.2. The second kappa shape index (κ2) is 4.66. The Bertz CT molecular complexity index is 392. The van der Waals surface area contributed by atoms with Crippen LogP contribution in [0.3, 0.4) is 0 Å². The standard InChI is InChI=1S/C11H17N3O4/c1-14-8(15)3-2-7(10(14)18)13-11(4-9(16)17)5-12-6-11/h7,12-13H,2-6H2,1H3,(H,16,17). The van der Waals surface area contributed by atoms with Gasteiger partial charge in [0.2, 0.25) is 11.8 Å². The molecule has 18 heavy (non-hydrogen) atoms. The number of carboxylic acids is 1. The minimum atomic E-state index is -0.892. The van der Waals surface area contributed by atoms with E-state index in [-0.39, 0.29) is 18.2 Å². The zero-order valence-electron chi connectivity index (χ0n) is 10.2. The Morgan fingerprint density at radius 3 is 2.72 bits per heavy atom. The van der Waals surface area contributed by atoms with Crippen molar-refractivity contribution in [2.24, 2.45) is 0 Å². The molecule has 2 aliphatic heterocycles. The average molecular weight is 255 g/mol. The molecule has 2 fully saturated rings. The molecule has 100 valence electrons. The molecule has 7 heteroatoms. The third-order valence-electron chi connectivity index (χ3n) is 3.55. The number of hydrogen-bond donors (Lipinski definition) is 3. The van der Waals surface area contributed by atoms with Crippen LogP contribution in [0, 0.1) is 0 Å². The topological polar surface area (TPSA) is 98.7 Å². The van der Waals surface area contributed by atoms with Crippen molar-refractivity contribution in [1.29, 1.82) is 0 Å². The molecule has 2 saturated heterocycles. The smallest absolute Gasteiger partial charge is 0.305 e. The molecule has 0 aromatic rings. The molecule has 1 atom stereocenters. The lowest BCUT2D eigenvalue weighted by Crippen LogP contribution is -2.72. The highest BCUT2D eigenvalue weighted by atomic mass is 16.4. The number of likely N-dealkylation sites (N-methyl/N-ethyl adjacent to an activating group) is 1. The largest absolute Gasteiger partial charge is 0.481 e. The Kier molecular flexibility index (Phi) is 3.36. The quantitative estimate of drug-likeness (QED) is 0.531. The molecule has 0 aliphatic carbocycles. The van der Waals surface area contributed by atoms with Crippen molar-refractivity contribution in [2.75, 3.05) is 20.1 Å². The number of amides is 2. The van der Waals surface area contributed by atoms with E-state index in [1.54, 1.807) is 0 Å². The van der Waals surface area contributed by atoms with Gasteiger partial charge in [-0.25, -0.2) is 0 Å². The van der Waals surface area contributed by atoms with Gasteiger partial charge in [0.15, 0.2) is 0 Å². The fourth-order valence-electron chi connectivity index (χ4n) is 2.41. The van der Waals surface area contributed by atoms with Gasteiger partial charge >= 0.3 is 5.97 Å². The van der Waals surface area contributed by atoms with Gasteiger partial charge in [-0.05, 0) is 6.42 Å². The van der Waals surface area contributed by atoms with Crippen LogP contribution in [0.25, 0.3) is 0 Å². The lowest BCUT2D eigenvalue weighted by molar-refractivity contribution is -0.150. The molecule has 2 amide bonds. The summed E-state index contributed by atoms with van der Waals surface area (Å²) < 4.78 is 0. The van der Waals surface area contributed by atoms with Crippen LogP contribution in [0.1, 0.15) is 19.3 Å². The molecule has 2 aliphatic rings. The number of nitrogens with one attached hydrogen (secondary N) is 2. The maximum absolute atomic E-state index is 11.9. The van der Waals surface area contributed by atoms with Crippen LogP contribution >= 0.6 is 0 Å². The first-order chi connectivity index (χ1) is 8.43. The highest BCUT2D eigenvalue weighted by Gasteiger charge is 2.43. The van der Waals surface area contributed by atoms with Crippen LogP contribution in [-0.4, -0.2) is 59.5 Å². The fourth-order valence-corrected chi connectivity index (χ4v) is 2.41. The summed E-state index contributed by atoms with van der Waals surface area (Å²) in [5.41, 5.74) is -0.562. The van der Waals surface area contributed by atoms with Gasteiger partial charge in [-0.15, -0.1) is 0 Å². The van der Waals surface area contributed by atoms with Gasteiger partial charge in [-0.3, -0.25) is 24.6 Å². The second-order valence-electron chi connectivity index (χ2n) is 4.98. The van der Waals surface area contributed by atoms with Crippen molar-refractivity contribution in [2.45, 2.75) is 30.8 Å². The monoisotopic (exact) mass is 255 g/mol. The Morgan fingerprint density at radius 2 is 2.22 bits per heavy atom. The zero-order chi connectivity index (χ0) is 13.3. The van der Waals surface area contributed by atoms with E-state index < -0.39 is 17.6 Å². The molecule has 3 N–H and O–H groups in total. The molecule has 1 unspecified atom stereocenters. The highest BCUT2D eigenvalue weighted by Crippen LogP contribution is 2.21. The Morgan fingerprint density at radius 1 is 1.56 bits per heavy atom. The summed E-state index contributed by atoms with van der Waals surface area (Å²) in [6.45, 7) is 1.06. The molecule has 2 rings (SSSR count). The molecule has 7 nitrogen and oxygen atoms in total. The second-order valence-corrected chi connectivity index (χ2v) is 4.98. The number of carbonyl (C=O) groups excluding carboxylic acids is 2. The lowest BCUT2D eigenvalue weighted by atomic mass is 9.86. The van der Waals surface area contributed by atoms with Crippen molar-refractivity contribution < 1.29 is 19.5 Å². The van der Waals surface area contributed by atoms with Crippen molar-refractivity contribution in [3.8, 4) is 0 Å². The van der Waals surface area contributed by atoms with E-state index in [9.17, 15) is 14.4 Å². The minimum Gasteiger partial charge on any atom is -0.481 e. The van der Waals surface area contributed by atoms with Crippen molar-refractivity contribution in [3.63, 3.8) is 0 Å². The number of hydrogen-bond acceptors (Lipinski definition) is 5. The normalized spacial score (nSPS) is 26.9. The summed E-state index contributed by atoms with van der Waals surface area (Å²) in [6, 6.07) is -0.464. The van der Waals surface area contributed by atoms with Crippen LogP contribution in [0.5, 0.6) is 0 Å². The summed E-state index contributed by atoms with van der Waals surface area (Å²) in [7, 11) is 1.46. The molecule has 2 heterocycles. The van der Waals surface area contributed by atoms with Crippen LogP contribution in [0.15, 0.2) is 0 Å². The van der Waals surface area contributed by atoms with Crippen LogP contribution in [0.2, 0.25) is 0 Å². The molecular formula is C11H17N3O4. The number of aliphatic carboxylic acids is 1. The summed E-state index contributed by atoms with van der Waals surface area (Å²) in [6.07, 6.45) is 0.724. The van der Waals surface area contributed by atoms with Gasteiger partial charge in [0.05, 0.1) is 18.0 Å². The lowest BCUT2D eigenvalue weighted by Gasteiger charge is -2.45. The minimum absolute atomic E-state index is 0.0263. The van der Waals surface area contributed by atoms with Crippen LogP contribution < -0.4 is 10.6 Å². The van der Waals surface area contributed by atoms with E-state index in [2.05, 4.69) is 10.6 Å². The van der Waals surface area contributed by atoms with Crippen molar-refractivity contribution in [1.82, 2.24) is 15.5 Å². The van der Waals surface area contributed by atoms with Gasteiger partial charge in [0.1, 0.15) is 0 Å². The maximum Gasteiger partial charge on any atom is 0.305 e. The van der Waals surface area contributed by atoms with E-state index in [0.29, 0.717) is 25.9 Å². The third kappa shape index (κ3) is 2.37. The van der Waals surface area contributed by atoms with E-state index in [1.807, 2.05) is 0 Å². The predicted octanol–water partition coefficient (Wildman–Crippen LogP) is -1.46. The summed E-state index contributed by atoms with van der Waals surface area (Å²) in [5.74, 6) is -1.35. The number of imide groups is 1. The first kappa shape index (κ1) is 13.0. The van der Waals surface area contributed by atoms with Gasteiger partial charge in [0.25, 0.3) is 0 Å². The van der Waals surface area contributed by atoms with Gasteiger partial charge in [-0.2, -0.15) is 0 Å². The molecule has 0 spiro atoms. The van der Waals surface area contributed by atoms with E-state index in [1.165, 1.54) is 7.05 Å². The van der Waals surface area contributed by atoms with E-state index in [4.69, 9.17) is 5.11 Å². The maximum atomic E-state index is 11.9. The van der Waals surface area contributed by atoms with Crippen molar-refractivity contribution >= 4 is 17.8 Å². The van der Waals surface area contributed by atoms with Crippen molar-refractivity contribution in [3.05, 3.63) is 0 Å². The zero-order valence-corrected chi connectivity index (χ0v) is 10.2. The fraction of sp³-hybridized carbons (Fsp3) is 0.727. The number of rotatable bonds is 4. The van der Waals surface area contributed by atoms with Crippen LogP contribution in [-0.2, 0) is 14.4 Å². The summed E-state index contributed by atoms with van der Waals surface area (Å²) in [5, 5.41) is 15.0. The highest BCUT2D eigenvalue weighted by molar-refractivity contribution is 6.00. The Hall–Kier alpha value is -1.47. The van der Waals surface area contributed by atoms with E-state index in [0.717, 1.165) is 4.90 Å². The molecule has 0 bridgehead atoms. The molecule has 0 saturated carbocycles. The van der Waals surface area contributed by atoms with E-state index >= 15 is 0 Å². The summed E-state index contributed by atoms with van der Waals surface area (Å²) >= 11 is 0. The number of likely N-dealkylation sites (tertiary alicyclic amines) is 1. The Balaban J connectivity index is 2.02. The number of carbonyl (C=O) groups is 3. The number of piperidine rings is 1. The Labute approximate surface area is 105 Å². The van der Waals surface area contributed by atoms with Gasteiger partial charge in [-0.1, -0.05) is 0 Å². The molecule has 0 radical (unpaired) electrons. The molecule has 0 aromatic carbocycles. The molecule has 0 aromatic heterocycles. The van der Waals surface area contributed by atoms with Gasteiger partial charge in [0, 0.05) is 26.6 Å². The van der Waals surface area contributed by atoms with Crippen LogP contribution in [0.4, 0.5) is 0 Å². The number of carboxylic acid groups (broad SMARTS) is 1. The van der Waals surface area contributed by atoms with Gasteiger partial charge < -0.3 is 10.4 Å².